The average Bonchev–Trinajstić information content (AvgIpc) is 2.23. The molecule has 0 aromatic heterocycles. The molecule has 0 saturated heterocycles. The van der Waals surface area contributed by atoms with Crippen molar-refractivity contribution in [2.45, 2.75) is 34.2 Å². The molecular weight excluding hydrogens is 222 g/mol. The summed E-state index contributed by atoms with van der Waals surface area (Å²) >= 11 is 0. The Bertz CT molecular complexity index is 414. The van der Waals surface area contributed by atoms with Crippen molar-refractivity contribution < 1.29 is 0 Å². The monoisotopic (exact) mass is 247 g/mol. The predicted molar refractivity (Wildman–Crippen MR) is 78.1 cm³/mol. The molecule has 1 rings (SSSR count). The van der Waals surface area contributed by atoms with E-state index in [0.29, 0.717) is 0 Å². The summed E-state index contributed by atoms with van der Waals surface area (Å²) in [5.41, 5.74) is 10.9. The van der Waals surface area contributed by atoms with Crippen LogP contribution in [0.25, 0.3) is 0 Å². The molecule has 0 bridgehead atoms. The first kappa shape index (κ1) is 14.7. The second kappa shape index (κ2) is 6.01. The van der Waals surface area contributed by atoms with Crippen molar-refractivity contribution in [3.63, 3.8) is 0 Å². The predicted octanol–water partition coefficient (Wildman–Crippen LogP) is 2.62. The van der Waals surface area contributed by atoms with E-state index in [1.807, 2.05) is 6.92 Å². The van der Waals surface area contributed by atoms with Crippen LogP contribution in [0.1, 0.15) is 29.2 Å². The van der Waals surface area contributed by atoms with Gasteiger partial charge in [-0.3, -0.25) is 5.41 Å². The largest absolute Gasteiger partial charge is 0.387 e. The maximum Gasteiger partial charge on any atom is 0.0947 e. The fraction of sp³-hybridized carbons (Fsp3) is 0.533. The van der Waals surface area contributed by atoms with Gasteiger partial charge in [0, 0.05) is 19.0 Å². The summed E-state index contributed by atoms with van der Waals surface area (Å²) in [5, 5.41) is 7.44. The minimum absolute atomic E-state index is 0.112. The lowest BCUT2D eigenvalue weighted by Gasteiger charge is -2.23. The zero-order chi connectivity index (χ0) is 13.9. The van der Waals surface area contributed by atoms with E-state index in [0.717, 1.165) is 13.1 Å². The lowest BCUT2D eigenvalue weighted by Crippen LogP contribution is -2.32. The number of nitrogens with one attached hydrogen (secondary N) is 1. The van der Waals surface area contributed by atoms with Crippen molar-refractivity contribution in [2.24, 2.45) is 11.7 Å². The Kier molecular flexibility index (Phi) is 4.91. The molecule has 1 unspecified atom stereocenters. The van der Waals surface area contributed by atoms with Crippen LogP contribution in [-0.4, -0.2) is 24.3 Å². The van der Waals surface area contributed by atoms with Crippen molar-refractivity contribution in [1.29, 1.82) is 5.41 Å². The molecule has 3 N–H and O–H groups in total. The lowest BCUT2D eigenvalue weighted by molar-refractivity contribution is 0.305. The highest BCUT2D eigenvalue weighted by molar-refractivity contribution is 5.79. The molecule has 0 aliphatic heterocycles. The minimum atomic E-state index is 0.112. The number of hydrogen-bond donors (Lipinski definition) is 2. The number of nitrogens with zero attached hydrogens (tertiary/aromatic N) is 1. The number of aryl methyl sites for hydroxylation is 3. The first-order valence-corrected chi connectivity index (χ1v) is 6.40. The van der Waals surface area contributed by atoms with Crippen LogP contribution in [-0.2, 0) is 6.54 Å². The van der Waals surface area contributed by atoms with Gasteiger partial charge in [-0.15, -0.1) is 0 Å². The smallest absolute Gasteiger partial charge is 0.0947 e. The second-order valence-electron chi connectivity index (χ2n) is 5.43. The van der Waals surface area contributed by atoms with Crippen LogP contribution >= 0.6 is 0 Å². The fourth-order valence-electron chi connectivity index (χ4n) is 2.36. The molecule has 0 saturated carbocycles. The molecule has 18 heavy (non-hydrogen) atoms. The highest BCUT2D eigenvalue weighted by Crippen LogP contribution is 2.18. The third-order valence-corrected chi connectivity index (χ3v) is 3.38. The van der Waals surface area contributed by atoms with E-state index in [4.69, 9.17) is 11.1 Å². The van der Waals surface area contributed by atoms with Crippen LogP contribution < -0.4 is 5.73 Å². The minimum Gasteiger partial charge on any atom is -0.387 e. The first-order valence-electron chi connectivity index (χ1n) is 6.40. The number of hydrogen-bond acceptors (Lipinski definition) is 2. The maximum atomic E-state index is 7.44. The van der Waals surface area contributed by atoms with Crippen LogP contribution in [0.3, 0.4) is 0 Å². The third kappa shape index (κ3) is 3.84. The van der Waals surface area contributed by atoms with Gasteiger partial charge in [0.25, 0.3) is 0 Å². The van der Waals surface area contributed by atoms with E-state index in [2.05, 4.69) is 44.9 Å². The summed E-state index contributed by atoms with van der Waals surface area (Å²) in [6.45, 7) is 10.2. The fourth-order valence-corrected chi connectivity index (χ4v) is 2.36. The highest BCUT2D eigenvalue weighted by atomic mass is 15.1. The molecule has 0 aliphatic carbocycles. The van der Waals surface area contributed by atoms with Crippen molar-refractivity contribution in [3.05, 3.63) is 34.4 Å². The van der Waals surface area contributed by atoms with Crippen LogP contribution in [0.5, 0.6) is 0 Å². The number of nitrogens with two attached hydrogens (primary N) is 1. The summed E-state index contributed by atoms with van der Waals surface area (Å²) in [4.78, 5) is 2.23. The SMILES string of the molecule is Cc1cc(C)c(CN(C)CC(C)C(=N)N)c(C)c1. The normalized spacial score (nSPS) is 12.8. The van der Waals surface area contributed by atoms with Crippen molar-refractivity contribution >= 4 is 5.84 Å². The molecule has 1 aromatic carbocycles. The van der Waals surface area contributed by atoms with Gasteiger partial charge in [-0.1, -0.05) is 24.6 Å². The quantitative estimate of drug-likeness (QED) is 0.621. The molecule has 1 atom stereocenters. The van der Waals surface area contributed by atoms with E-state index < -0.39 is 0 Å². The Balaban J connectivity index is 2.76. The van der Waals surface area contributed by atoms with Crippen LogP contribution in [0.4, 0.5) is 0 Å². The van der Waals surface area contributed by atoms with Gasteiger partial charge in [0.2, 0.25) is 0 Å². The highest BCUT2D eigenvalue weighted by Gasteiger charge is 2.11. The average molecular weight is 247 g/mol. The lowest BCUT2D eigenvalue weighted by atomic mass is 9.99. The number of rotatable bonds is 5. The van der Waals surface area contributed by atoms with Gasteiger partial charge in [-0.05, 0) is 44.5 Å². The Morgan fingerprint density at radius 3 is 2.22 bits per heavy atom. The summed E-state index contributed by atoms with van der Waals surface area (Å²) in [7, 11) is 2.08. The van der Waals surface area contributed by atoms with Gasteiger partial charge in [-0.2, -0.15) is 0 Å². The van der Waals surface area contributed by atoms with E-state index in [9.17, 15) is 0 Å². The zero-order valence-corrected chi connectivity index (χ0v) is 12.2. The van der Waals surface area contributed by atoms with Gasteiger partial charge in [0.05, 0.1) is 5.84 Å². The maximum absolute atomic E-state index is 7.44. The van der Waals surface area contributed by atoms with Crippen molar-refractivity contribution in [3.8, 4) is 0 Å². The summed E-state index contributed by atoms with van der Waals surface area (Å²) in [5.74, 6) is 0.375. The molecule has 0 aliphatic rings. The van der Waals surface area contributed by atoms with E-state index >= 15 is 0 Å². The standard InChI is InChI=1S/C15H25N3/c1-10-6-11(2)14(12(3)7-10)9-18(5)8-13(4)15(16)17/h6-7,13H,8-9H2,1-5H3,(H3,16,17). The summed E-state index contributed by atoms with van der Waals surface area (Å²) in [6.07, 6.45) is 0. The Morgan fingerprint density at radius 2 is 1.78 bits per heavy atom. The van der Waals surface area contributed by atoms with Crippen LogP contribution in [0, 0.1) is 32.1 Å². The second-order valence-corrected chi connectivity index (χ2v) is 5.43. The molecule has 100 valence electrons. The summed E-state index contributed by atoms with van der Waals surface area (Å²) < 4.78 is 0. The van der Waals surface area contributed by atoms with Crippen LogP contribution in [0.15, 0.2) is 12.1 Å². The molecule has 3 heteroatoms. The molecule has 0 radical (unpaired) electrons. The van der Waals surface area contributed by atoms with Gasteiger partial charge >= 0.3 is 0 Å². The summed E-state index contributed by atoms with van der Waals surface area (Å²) in [6, 6.07) is 4.45. The van der Waals surface area contributed by atoms with E-state index in [1.165, 1.54) is 22.3 Å². The molecule has 1 aromatic rings. The molecular formula is C15H25N3. The number of benzene rings is 1. The molecule has 0 fully saturated rings. The topological polar surface area (TPSA) is 53.1 Å². The van der Waals surface area contributed by atoms with E-state index in [1.54, 1.807) is 0 Å². The molecule has 0 heterocycles. The van der Waals surface area contributed by atoms with Gasteiger partial charge < -0.3 is 10.6 Å². The van der Waals surface area contributed by atoms with Crippen molar-refractivity contribution in [1.82, 2.24) is 4.90 Å². The van der Waals surface area contributed by atoms with Gasteiger partial charge in [0.1, 0.15) is 0 Å². The Hall–Kier alpha value is -1.35. The first-order chi connectivity index (χ1) is 8.31. The van der Waals surface area contributed by atoms with Crippen molar-refractivity contribution in [2.75, 3.05) is 13.6 Å². The zero-order valence-electron chi connectivity index (χ0n) is 12.2. The van der Waals surface area contributed by atoms with Gasteiger partial charge in [-0.25, -0.2) is 0 Å². The van der Waals surface area contributed by atoms with Gasteiger partial charge in [0.15, 0.2) is 0 Å². The Morgan fingerprint density at radius 1 is 1.28 bits per heavy atom. The Labute approximate surface area is 111 Å². The van der Waals surface area contributed by atoms with Crippen LogP contribution in [0.2, 0.25) is 0 Å². The third-order valence-electron chi connectivity index (χ3n) is 3.38. The van der Waals surface area contributed by atoms with E-state index in [-0.39, 0.29) is 11.8 Å². The molecule has 3 nitrogen and oxygen atoms in total. The molecule has 0 amide bonds. The number of amidine groups is 1. The molecule has 0 spiro atoms.